The fourth-order valence-electron chi connectivity index (χ4n) is 3.44. The van der Waals surface area contributed by atoms with Crippen molar-refractivity contribution in [3.63, 3.8) is 0 Å². The zero-order valence-electron chi connectivity index (χ0n) is 16.9. The van der Waals surface area contributed by atoms with Gasteiger partial charge in [0.1, 0.15) is 0 Å². The molecule has 0 radical (unpaired) electrons. The Balaban J connectivity index is 1.80. The summed E-state index contributed by atoms with van der Waals surface area (Å²) < 4.78 is 0. The predicted octanol–water partition coefficient (Wildman–Crippen LogP) is 4.54. The minimum Gasteiger partial charge on any atom is -0.411 e. The van der Waals surface area contributed by atoms with E-state index in [9.17, 15) is 10.0 Å². The smallest absolute Gasteiger partial charge is 0.251 e. The quantitative estimate of drug-likeness (QED) is 0.370. The number of nitrogens with one attached hydrogen (secondary N) is 1. The van der Waals surface area contributed by atoms with Gasteiger partial charge in [-0.15, -0.1) is 0 Å². The monoisotopic (exact) mass is 387 g/mol. The maximum absolute atomic E-state index is 11.7. The second kappa shape index (κ2) is 9.15. The van der Waals surface area contributed by atoms with Gasteiger partial charge in [-0.05, 0) is 73.2 Å². The van der Waals surface area contributed by atoms with E-state index in [4.69, 9.17) is 0 Å². The summed E-state index contributed by atoms with van der Waals surface area (Å²) in [6.07, 6.45) is 3.11. The number of carbonyl (C=O) groups is 1. The van der Waals surface area contributed by atoms with Gasteiger partial charge in [0, 0.05) is 30.1 Å². The van der Waals surface area contributed by atoms with Gasteiger partial charge in [0.25, 0.3) is 5.91 Å². The highest BCUT2D eigenvalue weighted by Crippen LogP contribution is 2.27. The van der Waals surface area contributed by atoms with E-state index in [1.54, 1.807) is 13.2 Å². The van der Waals surface area contributed by atoms with Crippen molar-refractivity contribution in [2.24, 2.45) is 5.16 Å². The molecule has 1 aromatic heterocycles. The largest absolute Gasteiger partial charge is 0.411 e. The predicted molar refractivity (Wildman–Crippen MR) is 116 cm³/mol. The van der Waals surface area contributed by atoms with Crippen LogP contribution in [-0.2, 0) is 6.42 Å². The Morgan fingerprint density at radius 1 is 1.10 bits per heavy atom. The molecule has 5 nitrogen and oxygen atoms in total. The van der Waals surface area contributed by atoms with Crippen molar-refractivity contribution in [1.82, 2.24) is 10.3 Å². The van der Waals surface area contributed by atoms with Crippen LogP contribution in [0.4, 0.5) is 0 Å². The van der Waals surface area contributed by atoms with Crippen LogP contribution in [0.5, 0.6) is 0 Å². The maximum Gasteiger partial charge on any atom is 0.251 e. The van der Waals surface area contributed by atoms with Gasteiger partial charge in [-0.1, -0.05) is 35.5 Å². The fourth-order valence-corrected chi connectivity index (χ4v) is 3.44. The van der Waals surface area contributed by atoms with E-state index in [0.717, 1.165) is 33.5 Å². The molecule has 0 saturated heterocycles. The minimum atomic E-state index is -0.104. The number of oxime groups is 1. The Hall–Kier alpha value is -3.47. The van der Waals surface area contributed by atoms with Crippen LogP contribution >= 0.6 is 0 Å². The molecule has 0 saturated carbocycles. The molecule has 0 atom stereocenters. The maximum atomic E-state index is 11.7. The fraction of sp³-hybridized carbons (Fsp3) is 0.208. The molecule has 0 bridgehead atoms. The van der Waals surface area contributed by atoms with Crippen molar-refractivity contribution in [3.8, 4) is 11.1 Å². The summed E-state index contributed by atoms with van der Waals surface area (Å²) in [5, 5.41) is 15.9. The summed E-state index contributed by atoms with van der Waals surface area (Å²) in [5.74, 6) is -0.104. The molecule has 148 valence electrons. The molecule has 0 aliphatic carbocycles. The highest BCUT2D eigenvalue weighted by Gasteiger charge is 2.13. The highest BCUT2D eigenvalue weighted by atomic mass is 16.4. The minimum absolute atomic E-state index is 0.104. The van der Waals surface area contributed by atoms with Gasteiger partial charge in [-0.2, -0.15) is 0 Å². The Labute approximate surface area is 171 Å². The van der Waals surface area contributed by atoms with Crippen molar-refractivity contribution in [2.75, 3.05) is 7.05 Å². The molecular formula is C24H25N3O2. The van der Waals surface area contributed by atoms with Crippen LogP contribution in [0, 0.1) is 13.8 Å². The number of pyridine rings is 1. The molecule has 0 unspecified atom stereocenters. The second-order valence-electron chi connectivity index (χ2n) is 6.99. The number of aryl methyl sites for hydroxylation is 2. The summed E-state index contributed by atoms with van der Waals surface area (Å²) in [6.45, 7) is 4.02. The molecule has 3 aromatic rings. The van der Waals surface area contributed by atoms with Crippen LogP contribution < -0.4 is 5.32 Å². The van der Waals surface area contributed by atoms with Gasteiger partial charge < -0.3 is 10.5 Å². The molecule has 1 amide bonds. The number of carbonyl (C=O) groups excluding carboxylic acids is 1. The first-order chi connectivity index (χ1) is 14.0. The third-order valence-electron chi connectivity index (χ3n) is 5.07. The molecule has 2 N–H and O–H groups in total. The molecule has 0 spiro atoms. The van der Waals surface area contributed by atoms with Crippen LogP contribution in [0.1, 0.15) is 39.2 Å². The number of rotatable bonds is 6. The van der Waals surface area contributed by atoms with E-state index in [-0.39, 0.29) is 5.91 Å². The van der Waals surface area contributed by atoms with E-state index in [1.165, 1.54) is 0 Å². The lowest BCUT2D eigenvalue weighted by atomic mass is 9.92. The summed E-state index contributed by atoms with van der Waals surface area (Å²) in [5.41, 5.74) is 7.51. The van der Waals surface area contributed by atoms with Gasteiger partial charge in [0.05, 0.1) is 5.71 Å². The molecule has 0 aliphatic heterocycles. The van der Waals surface area contributed by atoms with Crippen molar-refractivity contribution < 1.29 is 10.0 Å². The molecular weight excluding hydrogens is 362 g/mol. The second-order valence-corrected chi connectivity index (χ2v) is 6.99. The number of aromatic nitrogens is 1. The molecule has 3 rings (SSSR count). The molecule has 5 heteroatoms. The van der Waals surface area contributed by atoms with Crippen molar-refractivity contribution in [2.45, 2.75) is 26.7 Å². The number of nitrogens with zero attached hydrogens (tertiary/aromatic N) is 2. The zero-order valence-corrected chi connectivity index (χ0v) is 16.9. The van der Waals surface area contributed by atoms with E-state index >= 15 is 0 Å². The van der Waals surface area contributed by atoms with Crippen molar-refractivity contribution in [3.05, 3.63) is 88.7 Å². The van der Waals surface area contributed by atoms with Gasteiger partial charge in [-0.25, -0.2) is 0 Å². The van der Waals surface area contributed by atoms with E-state index in [1.807, 2.05) is 56.3 Å². The molecule has 2 aromatic carbocycles. The van der Waals surface area contributed by atoms with E-state index in [0.29, 0.717) is 24.1 Å². The van der Waals surface area contributed by atoms with Crippen LogP contribution in [0.2, 0.25) is 0 Å². The molecule has 0 aliphatic rings. The summed E-state index contributed by atoms with van der Waals surface area (Å²) in [4.78, 5) is 15.9. The number of hydrogen-bond donors (Lipinski definition) is 2. The van der Waals surface area contributed by atoms with Gasteiger partial charge in [-0.3, -0.25) is 9.78 Å². The average molecular weight is 387 g/mol. The Morgan fingerprint density at radius 2 is 1.86 bits per heavy atom. The lowest BCUT2D eigenvalue weighted by molar-refractivity contribution is 0.0963. The third-order valence-corrected chi connectivity index (χ3v) is 5.07. The number of benzene rings is 2. The molecule has 0 fully saturated rings. The molecule has 1 heterocycles. The Kier molecular flexibility index (Phi) is 6.39. The average Bonchev–Trinajstić information content (AvgIpc) is 2.75. The first-order valence-corrected chi connectivity index (χ1v) is 9.58. The van der Waals surface area contributed by atoms with Crippen LogP contribution in [0.15, 0.2) is 65.9 Å². The van der Waals surface area contributed by atoms with Crippen LogP contribution in [-0.4, -0.2) is 28.9 Å². The first kappa shape index (κ1) is 20.3. The first-order valence-electron chi connectivity index (χ1n) is 9.58. The topological polar surface area (TPSA) is 74.6 Å². The van der Waals surface area contributed by atoms with E-state index < -0.39 is 0 Å². The Bertz CT molecular complexity index is 1040. The standard InChI is InChI=1S/C24H25N3O2/c1-16-15-20(13-14-26-16)21-5-4-6-22(17(21)2)23(27-29)12-9-18-7-10-19(11-8-18)24(28)25-3/h4-8,10-11,13-15,29H,9,12H2,1-3H3,(H,25,28)/b27-23+. The normalized spacial score (nSPS) is 11.3. The van der Waals surface area contributed by atoms with Crippen LogP contribution in [0.25, 0.3) is 11.1 Å². The SMILES string of the molecule is CNC(=O)c1ccc(CC/C(=N\O)c2cccc(-c3ccnc(C)c3)c2C)cc1. The highest BCUT2D eigenvalue weighted by molar-refractivity contribution is 6.03. The zero-order chi connectivity index (χ0) is 20.8. The Morgan fingerprint density at radius 3 is 2.52 bits per heavy atom. The lowest BCUT2D eigenvalue weighted by Gasteiger charge is -2.13. The van der Waals surface area contributed by atoms with Crippen molar-refractivity contribution >= 4 is 11.6 Å². The lowest BCUT2D eigenvalue weighted by Crippen LogP contribution is -2.17. The van der Waals surface area contributed by atoms with E-state index in [2.05, 4.69) is 27.6 Å². The number of amides is 1. The van der Waals surface area contributed by atoms with Gasteiger partial charge >= 0.3 is 0 Å². The number of hydrogen-bond acceptors (Lipinski definition) is 4. The van der Waals surface area contributed by atoms with Crippen LogP contribution in [0.3, 0.4) is 0 Å². The van der Waals surface area contributed by atoms with Gasteiger partial charge in [0.2, 0.25) is 0 Å². The summed E-state index contributed by atoms with van der Waals surface area (Å²) in [7, 11) is 1.62. The molecule has 29 heavy (non-hydrogen) atoms. The van der Waals surface area contributed by atoms with Gasteiger partial charge in [0.15, 0.2) is 0 Å². The summed E-state index contributed by atoms with van der Waals surface area (Å²) in [6, 6.07) is 17.6. The third kappa shape index (κ3) is 4.69. The van der Waals surface area contributed by atoms with Crippen molar-refractivity contribution in [1.29, 1.82) is 0 Å². The summed E-state index contributed by atoms with van der Waals surface area (Å²) >= 11 is 0.